The molecule has 0 radical (unpaired) electrons. The van der Waals surface area contributed by atoms with Crippen LogP contribution in [0, 0.1) is 13.8 Å². The zero-order chi connectivity index (χ0) is 19.7. The van der Waals surface area contributed by atoms with E-state index in [-0.39, 0.29) is 5.91 Å². The van der Waals surface area contributed by atoms with Crippen molar-refractivity contribution in [2.24, 2.45) is 4.99 Å². The lowest BCUT2D eigenvalue weighted by Crippen LogP contribution is -2.32. The zero-order valence-corrected chi connectivity index (χ0v) is 16.4. The van der Waals surface area contributed by atoms with Gasteiger partial charge in [0, 0.05) is 5.56 Å². The van der Waals surface area contributed by atoms with Crippen molar-refractivity contribution in [3.63, 3.8) is 0 Å². The number of anilines is 1. The summed E-state index contributed by atoms with van der Waals surface area (Å²) < 4.78 is 0. The first-order valence-corrected chi connectivity index (χ1v) is 9.44. The monoisotopic (exact) mass is 386 g/mol. The van der Waals surface area contributed by atoms with Crippen LogP contribution in [0.4, 0.5) is 5.69 Å². The van der Waals surface area contributed by atoms with Crippen LogP contribution in [-0.2, 0) is 4.79 Å². The molecule has 0 atom stereocenters. The average molecular weight is 387 g/mol. The average Bonchev–Trinajstić information content (AvgIpc) is 3.01. The van der Waals surface area contributed by atoms with Crippen LogP contribution in [0.5, 0.6) is 0 Å². The van der Waals surface area contributed by atoms with Crippen LogP contribution in [0.15, 0.2) is 83.5 Å². The number of amidine groups is 1. The van der Waals surface area contributed by atoms with E-state index in [1.807, 2.05) is 86.7 Å². The molecule has 0 fully saturated rings. The maximum absolute atomic E-state index is 13.3. The van der Waals surface area contributed by atoms with Gasteiger partial charge in [0.05, 0.1) is 10.7 Å². The number of amides is 1. The van der Waals surface area contributed by atoms with Crippen LogP contribution in [0.1, 0.15) is 22.3 Å². The summed E-state index contributed by atoms with van der Waals surface area (Å²) in [7, 11) is 0. The number of benzene rings is 3. The van der Waals surface area contributed by atoms with Gasteiger partial charge in [-0.25, -0.2) is 4.99 Å². The van der Waals surface area contributed by atoms with Gasteiger partial charge in [-0.1, -0.05) is 71.3 Å². The zero-order valence-electron chi connectivity index (χ0n) is 15.7. The number of halogens is 1. The van der Waals surface area contributed by atoms with E-state index in [0.717, 1.165) is 22.4 Å². The molecule has 0 bridgehead atoms. The van der Waals surface area contributed by atoms with Gasteiger partial charge >= 0.3 is 0 Å². The second-order valence-electron chi connectivity index (χ2n) is 6.83. The van der Waals surface area contributed by atoms with E-state index in [9.17, 15) is 4.79 Å². The number of carbonyl (C=O) groups is 1. The van der Waals surface area contributed by atoms with Crippen molar-refractivity contribution < 1.29 is 4.79 Å². The fourth-order valence-electron chi connectivity index (χ4n) is 3.09. The first-order chi connectivity index (χ1) is 13.5. The highest BCUT2D eigenvalue weighted by Gasteiger charge is 2.33. The largest absolute Gasteiger partial charge is 0.282 e. The van der Waals surface area contributed by atoms with Gasteiger partial charge in [-0.3, -0.25) is 9.69 Å². The molecule has 0 saturated heterocycles. The van der Waals surface area contributed by atoms with Crippen molar-refractivity contribution in [2.75, 3.05) is 4.90 Å². The highest BCUT2D eigenvalue weighted by atomic mass is 35.5. The van der Waals surface area contributed by atoms with Crippen LogP contribution in [0.3, 0.4) is 0 Å². The number of nitrogens with zero attached hydrogens (tertiary/aromatic N) is 2. The molecule has 3 nitrogen and oxygen atoms in total. The van der Waals surface area contributed by atoms with E-state index in [4.69, 9.17) is 11.6 Å². The first kappa shape index (κ1) is 18.2. The van der Waals surface area contributed by atoms with Crippen molar-refractivity contribution in [1.29, 1.82) is 0 Å². The molecule has 3 aromatic rings. The summed E-state index contributed by atoms with van der Waals surface area (Å²) in [6.45, 7) is 4.05. The fourth-order valence-corrected chi connectivity index (χ4v) is 3.31. The van der Waals surface area contributed by atoms with E-state index < -0.39 is 0 Å². The lowest BCUT2D eigenvalue weighted by Gasteiger charge is -2.19. The minimum atomic E-state index is -0.167. The Morgan fingerprint density at radius 2 is 1.46 bits per heavy atom. The van der Waals surface area contributed by atoms with Crippen LogP contribution >= 0.6 is 11.6 Å². The molecule has 28 heavy (non-hydrogen) atoms. The normalized spacial score (nSPS) is 15.2. The SMILES string of the molecule is Cc1ccc(/C=C2/N=C(c3ccccc3Cl)N(c3ccc(C)cc3)C2=O)cc1. The molecule has 0 unspecified atom stereocenters. The Bertz CT molecular complexity index is 1100. The summed E-state index contributed by atoms with van der Waals surface area (Å²) in [5.41, 5.74) is 5.11. The minimum Gasteiger partial charge on any atom is -0.266 e. The molecule has 4 heteroatoms. The van der Waals surface area contributed by atoms with E-state index in [1.54, 1.807) is 11.0 Å². The third-order valence-electron chi connectivity index (χ3n) is 4.65. The van der Waals surface area contributed by atoms with Crippen molar-refractivity contribution in [3.05, 3.63) is 106 Å². The van der Waals surface area contributed by atoms with Crippen LogP contribution in [-0.4, -0.2) is 11.7 Å². The molecule has 4 rings (SSSR count). The molecule has 3 aromatic carbocycles. The van der Waals surface area contributed by atoms with Gasteiger partial charge in [0.2, 0.25) is 0 Å². The Morgan fingerprint density at radius 3 is 2.11 bits per heavy atom. The number of aryl methyl sites for hydroxylation is 2. The van der Waals surface area contributed by atoms with Gasteiger partial charge in [-0.2, -0.15) is 0 Å². The van der Waals surface area contributed by atoms with Gasteiger partial charge < -0.3 is 0 Å². The van der Waals surface area contributed by atoms with Crippen molar-refractivity contribution in [1.82, 2.24) is 0 Å². The maximum Gasteiger partial charge on any atom is 0.282 e. The fraction of sp³-hybridized carbons (Fsp3) is 0.0833. The Morgan fingerprint density at radius 1 is 0.857 bits per heavy atom. The summed E-state index contributed by atoms with van der Waals surface area (Å²) in [6, 6.07) is 23.2. The van der Waals surface area contributed by atoms with Gasteiger partial charge in [0.1, 0.15) is 11.5 Å². The number of hydrogen-bond donors (Lipinski definition) is 0. The molecule has 1 heterocycles. The minimum absolute atomic E-state index is 0.167. The predicted octanol–water partition coefficient (Wildman–Crippen LogP) is 5.79. The van der Waals surface area contributed by atoms with E-state index in [2.05, 4.69) is 4.99 Å². The summed E-state index contributed by atoms with van der Waals surface area (Å²) in [5.74, 6) is 0.372. The third kappa shape index (κ3) is 3.49. The molecule has 0 N–H and O–H groups in total. The molecule has 1 amide bonds. The highest BCUT2D eigenvalue weighted by molar-refractivity contribution is 6.39. The molecule has 0 aromatic heterocycles. The molecule has 138 valence electrons. The van der Waals surface area contributed by atoms with Crippen LogP contribution in [0.25, 0.3) is 6.08 Å². The smallest absolute Gasteiger partial charge is 0.266 e. The van der Waals surface area contributed by atoms with Crippen molar-refractivity contribution >= 4 is 35.1 Å². The number of rotatable bonds is 3. The predicted molar refractivity (Wildman–Crippen MR) is 116 cm³/mol. The van der Waals surface area contributed by atoms with Crippen LogP contribution < -0.4 is 4.90 Å². The van der Waals surface area contributed by atoms with E-state index in [1.165, 1.54) is 5.56 Å². The molecule has 0 aliphatic carbocycles. The second-order valence-corrected chi connectivity index (χ2v) is 7.24. The van der Waals surface area contributed by atoms with Crippen LogP contribution in [0.2, 0.25) is 5.02 Å². The molecule has 1 aliphatic rings. The first-order valence-electron chi connectivity index (χ1n) is 9.06. The number of hydrogen-bond acceptors (Lipinski definition) is 2. The third-order valence-corrected chi connectivity index (χ3v) is 4.98. The summed E-state index contributed by atoms with van der Waals surface area (Å²) >= 11 is 6.42. The Hall–Kier alpha value is -3.17. The Kier molecular flexibility index (Phi) is 4.84. The van der Waals surface area contributed by atoms with Gasteiger partial charge in [-0.05, 0) is 49.8 Å². The molecule has 0 saturated carbocycles. The standard InChI is InChI=1S/C24H19ClN2O/c1-16-7-11-18(12-8-16)15-22-24(28)27(19-13-9-17(2)10-14-19)23(26-22)20-5-3-4-6-21(20)25/h3-15H,1-2H3/b22-15+. The molecule has 1 aliphatic heterocycles. The Labute approximate surface area is 169 Å². The van der Waals surface area contributed by atoms with Crippen molar-refractivity contribution in [3.8, 4) is 0 Å². The molecular formula is C24H19ClN2O. The highest BCUT2D eigenvalue weighted by Crippen LogP contribution is 2.30. The summed E-state index contributed by atoms with van der Waals surface area (Å²) in [6.07, 6.45) is 1.81. The molecular weight excluding hydrogens is 368 g/mol. The lowest BCUT2D eigenvalue weighted by molar-refractivity contribution is -0.113. The topological polar surface area (TPSA) is 32.7 Å². The van der Waals surface area contributed by atoms with Gasteiger partial charge in [0.25, 0.3) is 5.91 Å². The Balaban J connectivity index is 1.84. The summed E-state index contributed by atoms with van der Waals surface area (Å²) in [4.78, 5) is 19.6. The van der Waals surface area contributed by atoms with E-state index in [0.29, 0.717) is 16.6 Å². The van der Waals surface area contributed by atoms with Gasteiger partial charge in [-0.15, -0.1) is 0 Å². The lowest BCUT2D eigenvalue weighted by atomic mass is 10.1. The number of carbonyl (C=O) groups excluding carboxylic acids is 1. The maximum atomic E-state index is 13.3. The summed E-state index contributed by atoms with van der Waals surface area (Å²) in [5, 5.41) is 0.558. The quantitative estimate of drug-likeness (QED) is 0.524. The number of aliphatic imine (C=N–C) groups is 1. The van der Waals surface area contributed by atoms with Crippen molar-refractivity contribution in [2.45, 2.75) is 13.8 Å². The molecule has 0 spiro atoms. The second kappa shape index (κ2) is 7.45. The van der Waals surface area contributed by atoms with Gasteiger partial charge in [0.15, 0.2) is 0 Å². The van der Waals surface area contributed by atoms with E-state index >= 15 is 0 Å².